The Morgan fingerprint density at radius 3 is 2.89 bits per heavy atom. The van der Waals surface area contributed by atoms with Gasteiger partial charge >= 0.3 is 5.97 Å². The molecule has 0 saturated heterocycles. The molecule has 0 aliphatic heterocycles. The fourth-order valence-corrected chi connectivity index (χ4v) is 2.47. The molecule has 0 spiro atoms. The van der Waals surface area contributed by atoms with Crippen molar-refractivity contribution in [2.75, 3.05) is 0 Å². The summed E-state index contributed by atoms with van der Waals surface area (Å²) >= 11 is 1.38. The van der Waals surface area contributed by atoms with E-state index in [-0.39, 0.29) is 12.2 Å². The maximum Gasteiger partial charge on any atom is 0.320 e. The second kappa shape index (κ2) is 5.90. The fourth-order valence-electron chi connectivity index (χ4n) is 1.64. The van der Waals surface area contributed by atoms with Crippen LogP contribution in [0.3, 0.4) is 0 Å². The molecule has 2 aromatic rings. The molecule has 1 aromatic heterocycles. The number of carboxylic acid groups (broad SMARTS) is 1. The van der Waals surface area contributed by atoms with Gasteiger partial charge in [-0.15, -0.1) is 11.3 Å². The fraction of sp³-hybridized carbons (Fsp3) is 0.231. The van der Waals surface area contributed by atoms with Crippen LogP contribution in [0.1, 0.15) is 16.3 Å². The maximum absolute atomic E-state index is 13.5. The molecule has 0 saturated carbocycles. The number of carbonyl (C=O) groups is 1. The zero-order chi connectivity index (χ0) is 13.8. The smallest absolute Gasteiger partial charge is 0.320 e. The zero-order valence-electron chi connectivity index (χ0n) is 10.0. The van der Waals surface area contributed by atoms with Crippen LogP contribution in [-0.2, 0) is 17.6 Å². The number of hydrogen-bond acceptors (Lipinski definition) is 4. The van der Waals surface area contributed by atoms with E-state index in [1.807, 2.05) is 0 Å². The summed E-state index contributed by atoms with van der Waals surface area (Å²) in [4.78, 5) is 14.9. The first-order chi connectivity index (χ1) is 9.06. The molecule has 0 aliphatic rings. The minimum absolute atomic E-state index is 0.184. The van der Waals surface area contributed by atoms with Crippen LogP contribution in [0.2, 0.25) is 0 Å². The van der Waals surface area contributed by atoms with Crippen LogP contribution >= 0.6 is 11.3 Å². The second-order valence-electron chi connectivity index (χ2n) is 4.15. The average Bonchev–Trinajstić information content (AvgIpc) is 2.79. The van der Waals surface area contributed by atoms with Gasteiger partial charge in [0.15, 0.2) is 0 Å². The van der Waals surface area contributed by atoms with Gasteiger partial charge in [0.05, 0.1) is 10.7 Å². The van der Waals surface area contributed by atoms with Crippen molar-refractivity contribution in [3.63, 3.8) is 0 Å². The summed E-state index contributed by atoms with van der Waals surface area (Å²) in [5.74, 6) is -1.31. The van der Waals surface area contributed by atoms with Crippen molar-refractivity contribution < 1.29 is 14.3 Å². The standard InChI is InChI=1S/C13H13FN2O2S/c14-10-4-2-1-3-8(10)5-12-16-9(7-19-12)6-11(15)13(17)18/h1-4,7,11H,5-6,15H2,(H,17,18). The number of benzene rings is 1. The third kappa shape index (κ3) is 3.59. The Hall–Kier alpha value is -1.79. The molecule has 2 rings (SSSR count). The Bertz CT molecular complexity index is 586. The summed E-state index contributed by atoms with van der Waals surface area (Å²) in [6.07, 6.45) is 0.586. The van der Waals surface area contributed by atoms with Crippen molar-refractivity contribution in [3.8, 4) is 0 Å². The van der Waals surface area contributed by atoms with Crippen LogP contribution in [0.25, 0.3) is 0 Å². The van der Waals surface area contributed by atoms with E-state index in [9.17, 15) is 9.18 Å². The van der Waals surface area contributed by atoms with Gasteiger partial charge in [0, 0.05) is 18.2 Å². The molecule has 1 atom stereocenters. The number of thiazole rings is 1. The summed E-state index contributed by atoms with van der Waals surface area (Å²) in [5, 5.41) is 11.2. The summed E-state index contributed by atoms with van der Waals surface area (Å²) in [7, 11) is 0. The van der Waals surface area contributed by atoms with Crippen LogP contribution in [0, 0.1) is 5.82 Å². The molecular weight excluding hydrogens is 267 g/mol. The molecule has 0 fully saturated rings. The monoisotopic (exact) mass is 280 g/mol. The number of nitrogens with two attached hydrogens (primary N) is 1. The molecule has 3 N–H and O–H groups in total. The Balaban J connectivity index is 2.06. The van der Waals surface area contributed by atoms with Crippen LogP contribution in [0.5, 0.6) is 0 Å². The highest BCUT2D eigenvalue weighted by Gasteiger charge is 2.14. The third-order valence-electron chi connectivity index (χ3n) is 2.65. The van der Waals surface area contributed by atoms with Crippen molar-refractivity contribution in [2.45, 2.75) is 18.9 Å². The Morgan fingerprint density at radius 1 is 1.47 bits per heavy atom. The van der Waals surface area contributed by atoms with Gasteiger partial charge in [-0.3, -0.25) is 4.79 Å². The van der Waals surface area contributed by atoms with E-state index in [2.05, 4.69) is 4.98 Å². The van der Waals surface area contributed by atoms with E-state index >= 15 is 0 Å². The molecule has 0 bridgehead atoms. The zero-order valence-corrected chi connectivity index (χ0v) is 10.9. The van der Waals surface area contributed by atoms with Gasteiger partial charge in [0.25, 0.3) is 0 Å². The van der Waals surface area contributed by atoms with E-state index in [0.717, 1.165) is 5.01 Å². The maximum atomic E-state index is 13.5. The van der Waals surface area contributed by atoms with Crippen molar-refractivity contribution in [3.05, 3.63) is 51.7 Å². The van der Waals surface area contributed by atoms with Gasteiger partial charge < -0.3 is 10.8 Å². The highest BCUT2D eigenvalue weighted by atomic mass is 32.1. The topological polar surface area (TPSA) is 76.2 Å². The predicted molar refractivity (Wildman–Crippen MR) is 70.6 cm³/mol. The van der Waals surface area contributed by atoms with Crippen LogP contribution in [-0.4, -0.2) is 22.1 Å². The van der Waals surface area contributed by atoms with Gasteiger partial charge in [0.1, 0.15) is 11.9 Å². The largest absolute Gasteiger partial charge is 0.480 e. The molecule has 1 unspecified atom stereocenters. The molecule has 4 nitrogen and oxygen atoms in total. The first-order valence-electron chi connectivity index (χ1n) is 5.71. The summed E-state index contributed by atoms with van der Waals surface area (Å²) in [5.41, 5.74) is 6.65. The number of hydrogen-bond donors (Lipinski definition) is 2. The lowest BCUT2D eigenvalue weighted by Gasteiger charge is -2.02. The lowest BCUT2D eigenvalue weighted by atomic mass is 10.1. The quantitative estimate of drug-likeness (QED) is 0.876. The van der Waals surface area contributed by atoms with E-state index in [0.29, 0.717) is 17.7 Å². The molecule has 1 aromatic carbocycles. The van der Waals surface area contributed by atoms with Crippen LogP contribution < -0.4 is 5.73 Å². The summed E-state index contributed by atoms with van der Waals surface area (Å²) in [6, 6.07) is 5.57. The van der Waals surface area contributed by atoms with Crippen LogP contribution in [0.4, 0.5) is 4.39 Å². The Kier molecular flexibility index (Phi) is 4.24. The van der Waals surface area contributed by atoms with Gasteiger partial charge in [-0.25, -0.2) is 9.37 Å². The molecular formula is C13H13FN2O2S. The summed E-state index contributed by atoms with van der Waals surface area (Å²) in [6.45, 7) is 0. The first-order valence-corrected chi connectivity index (χ1v) is 6.59. The van der Waals surface area contributed by atoms with Crippen molar-refractivity contribution in [1.82, 2.24) is 4.98 Å². The van der Waals surface area contributed by atoms with Crippen molar-refractivity contribution in [1.29, 1.82) is 0 Å². The van der Waals surface area contributed by atoms with Crippen molar-refractivity contribution in [2.24, 2.45) is 5.73 Å². The number of halogens is 1. The van der Waals surface area contributed by atoms with Gasteiger partial charge in [-0.2, -0.15) is 0 Å². The Labute approximate surface area is 113 Å². The number of carboxylic acids is 1. The lowest BCUT2D eigenvalue weighted by molar-refractivity contribution is -0.138. The molecule has 0 aliphatic carbocycles. The highest BCUT2D eigenvalue weighted by Crippen LogP contribution is 2.17. The minimum Gasteiger partial charge on any atom is -0.480 e. The number of aliphatic carboxylic acids is 1. The molecule has 1 heterocycles. The SMILES string of the molecule is NC(Cc1csc(Cc2ccccc2F)n1)C(=O)O. The normalized spacial score (nSPS) is 12.3. The second-order valence-corrected chi connectivity index (χ2v) is 5.09. The third-order valence-corrected chi connectivity index (χ3v) is 3.54. The number of aromatic nitrogens is 1. The van der Waals surface area contributed by atoms with Gasteiger partial charge in [-0.05, 0) is 11.6 Å². The van der Waals surface area contributed by atoms with Crippen molar-refractivity contribution >= 4 is 17.3 Å². The van der Waals surface area contributed by atoms with Crippen LogP contribution in [0.15, 0.2) is 29.6 Å². The number of nitrogens with zero attached hydrogens (tertiary/aromatic N) is 1. The molecule has 0 radical (unpaired) electrons. The summed E-state index contributed by atoms with van der Waals surface area (Å²) < 4.78 is 13.5. The minimum atomic E-state index is -1.05. The first kappa shape index (κ1) is 13.6. The molecule has 19 heavy (non-hydrogen) atoms. The van der Waals surface area contributed by atoms with E-state index < -0.39 is 12.0 Å². The van der Waals surface area contributed by atoms with E-state index in [4.69, 9.17) is 10.8 Å². The lowest BCUT2D eigenvalue weighted by Crippen LogP contribution is -2.32. The van der Waals surface area contributed by atoms with E-state index in [1.54, 1.807) is 23.6 Å². The average molecular weight is 280 g/mol. The van der Waals surface area contributed by atoms with Gasteiger partial charge in [-0.1, -0.05) is 18.2 Å². The molecule has 100 valence electrons. The molecule has 0 amide bonds. The molecule has 6 heteroatoms. The predicted octanol–water partition coefficient (Wildman–Crippen LogP) is 1.83. The number of rotatable bonds is 5. The Morgan fingerprint density at radius 2 is 2.21 bits per heavy atom. The van der Waals surface area contributed by atoms with E-state index in [1.165, 1.54) is 17.4 Å². The highest BCUT2D eigenvalue weighted by molar-refractivity contribution is 7.09. The van der Waals surface area contributed by atoms with Gasteiger partial charge in [0.2, 0.25) is 0 Å².